The largest absolute Gasteiger partial charge is 0.306 e. The van der Waals surface area contributed by atoms with Gasteiger partial charge in [-0.25, -0.2) is 4.39 Å². The summed E-state index contributed by atoms with van der Waals surface area (Å²) in [5.74, 6) is 0.00153. The van der Waals surface area contributed by atoms with Crippen LogP contribution in [0.1, 0.15) is 18.5 Å². The van der Waals surface area contributed by atoms with Crippen LogP contribution in [0.15, 0.2) is 43.0 Å². The standard InChI is InChI=1S/C21H21FN4O/c1-26-4-2-14(3-5-26)21(27)9-19-8-15-6-16(11-25-20(15)13-24-19)17-7-18(22)12-23-10-17/h6-8,10-14H,2-5,9H2,1H3. The van der Waals surface area contributed by atoms with Crippen LogP contribution >= 0.6 is 0 Å². The second-order valence-electron chi connectivity index (χ2n) is 7.20. The summed E-state index contributed by atoms with van der Waals surface area (Å²) in [6.07, 6.45) is 8.34. The molecular weight excluding hydrogens is 343 g/mol. The number of aromatic nitrogens is 3. The van der Waals surface area contributed by atoms with Crippen LogP contribution in [-0.2, 0) is 11.2 Å². The molecule has 0 N–H and O–H groups in total. The number of piperidine rings is 1. The van der Waals surface area contributed by atoms with Crippen molar-refractivity contribution in [1.29, 1.82) is 0 Å². The molecule has 5 nitrogen and oxygen atoms in total. The fraction of sp³-hybridized carbons (Fsp3) is 0.333. The Kier molecular flexibility index (Phi) is 4.90. The van der Waals surface area contributed by atoms with E-state index in [2.05, 4.69) is 26.9 Å². The van der Waals surface area contributed by atoms with Crippen LogP contribution in [0.5, 0.6) is 0 Å². The number of halogens is 1. The van der Waals surface area contributed by atoms with Crippen molar-refractivity contribution < 1.29 is 9.18 Å². The lowest BCUT2D eigenvalue weighted by Crippen LogP contribution is -2.34. The molecule has 1 saturated heterocycles. The predicted octanol–water partition coefficient (Wildman–Crippen LogP) is 3.28. The number of nitrogens with zero attached hydrogens (tertiary/aromatic N) is 4. The summed E-state index contributed by atoms with van der Waals surface area (Å²) < 4.78 is 13.4. The molecule has 0 amide bonds. The van der Waals surface area contributed by atoms with Crippen LogP contribution in [0.2, 0.25) is 0 Å². The molecule has 0 atom stereocenters. The van der Waals surface area contributed by atoms with Gasteiger partial charge in [-0.1, -0.05) is 0 Å². The minimum atomic E-state index is -0.383. The summed E-state index contributed by atoms with van der Waals surface area (Å²) in [6.45, 7) is 1.94. The first kappa shape index (κ1) is 17.7. The Morgan fingerprint density at radius 3 is 2.63 bits per heavy atom. The number of ketones is 1. The lowest BCUT2D eigenvalue weighted by molar-refractivity contribution is -0.123. The quantitative estimate of drug-likeness (QED) is 0.711. The van der Waals surface area contributed by atoms with Gasteiger partial charge in [0.15, 0.2) is 0 Å². The zero-order valence-electron chi connectivity index (χ0n) is 15.2. The van der Waals surface area contributed by atoms with E-state index in [-0.39, 0.29) is 17.5 Å². The minimum absolute atomic E-state index is 0.126. The molecule has 0 aromatic carbocycles. The van der Waals surface area contributed by atoms with E-state index in [0.29, 0.717) is 12.0 Å². The first-order chi connectivity index (χ1) is 13.1. The first-order valence-corrected chi connectivity index (χ1v) is 9.15. The van der Waals surface area contributed by atoms with Gasteiger partial charge in [0.05, 0.1) is 17.9 Å². The number of rotatable bonds is 4. The molecule has 4 rings (SSSR count). The smallest absolute Gasteiger partial charge is 0.142 e. The van der Waals surface area contributed by atoms with Gasteiger partial charge in [-0.2, -0.15) is 0 Å². The van der Waals surface area contributed by atoms with Gasteiger partial charge < -0.3 is 4.90 Å². The maximum atomic E-state index is 13.4. The number of pyridine rings is 3. The Hall–Kier alpha value is -2.73. The Morgan fingerprint density at radius 1 is 1.07 bits per heavy atom. The van der Waals surface area contributed by atoms with E-state index >= 15 is 0 Å². The van der Waals surface area contributed by atoms with Crippen molar-refractivity contribution in [3.8, 4) is 11.1 Å². The summed E-state index contributed by atoms with van der Waals surface area (Å²) in [6, 6.07) is 5.27. The Morgan fingerprint density at radius 2 is 1.85 bits per heavy atom. The van der Waals surface area contributed by atoms with E-state index in [1.165, 1.54) is 12.3 Å². The second kappa shape index (κ2) is 7.48. The van der Waals surface area contributed by atoms with Crippen LogP contribution in [-0.4, -0.2) is 45.8 Å². The fourth-order valence-electron chi connectivity index (χ4n) is 3.55. The lowest BCUT2D eigenvalue weighted by Gasteiger charge is -2.27. The second-order valence-corrected chi connectivity index (χ2v) is 7.20. The normalized spacial score (nSPS) is 15.9. The van der Waals surface area contributed by atoms with E-state index in [4.69, 9.17) is 0 Å². The molecule has 0 bridgehead atoms. The molecule has 1 aliphatic heterocycles. The SMILES string of the molecule is CN1CCC(C(=O)Cc2cc3cc(-c4cncc(F)c4)cnc3cn2)CC1. The average Bonchev–Trinajstić information content (AvgIpc) is 2.68. The first-order valence-electron chi connectivity index (χ1n) is 9.15. The highest BCUT2D eigenvalue weighted by atomic mass is 19.1. The van der Waals surface area contributed by atoms with Gasteiger partial charge >= 0.3 is 0 Å². The third-order valence-electron chi connectivity index (χ3n) is 5.19. The van der Waals surface area contributed by atoms with Crippen molar-refractivity contribution >= 4 is 16.7 Å². The topological polar surface area (TPSA) is 59.0 Å². The van der Waals surface area contributed by atoms with Gasteiger partial charge in [0.1, 0.15) is 11.6 Å². The summed E-state index contributed by atoms with van der Waals surface area (Å²) in [7, 11) is 2.09. The molecule has 0 saturated carbocycles. The number of likely N-dealkylation sites (tertiary alicyclic amines) is 1. The van der Waals surface area contributed by atoms with E-state index < -0.39 is 0 Å². The molecule has 0 spiro atoms. The van der Waals surface area contributed by atoms with Crippen LogP contribution in [0.4, 0.5) is 4.39 Å². The van der Waals surface area contributed by atoms with E-state index in [0.717, 1.165) is 48.1 Å². The van der Waals surface area contributed by atoms with E-state index in [1.54, 1.807) is 18.6 Å². The zero-order valence-corrected chi connectivity index (χ0v) is 15.2. The van der Waals surface area contributed by atoms with Gasteiger partial charge in [0.2, 0.25) is 0 Å². The maximum absolute atomic E-state index is 13.4. The monoisotopic (exact) mass is 364 g/mol. The third-order valence-corrected chi connectivity index (χ3v) is 5.19. The zero-order chi connectivity index (χ0) is 18.8. The minimum Gasteiger partial charge on any atom is -0.306 e. The van der Waals surface area contributed by atoms with Crippen molar-refractivity contribution in [3.05, 3.63) is 54.5 Å². The Bertz CT molecular complexity index is 983. The summed E-state index contributed by atoms with van der Waals surface area (Å²) in [5, 5.41) is 0.887. The molecule has 0 unspecified atom stereocenters. The van der Waals surface area contributed by atoms with Crippen LogP contribution in [0.25, 0.3) is 22.0 Å². The molecule has 138 valence electrons. The highest BCUT2D eigenvalue weighted by molar-refractivity contribution is 5.86. The molecule has 1 fully saturated rings. The number of carbonyl (C=O) groups is 1. The van der Waals surface area contributed by atoms with E-state index in [1.807, 2.05) is 12.1 Å². The Balaban J connectivity index is 1.56. The highest BCUT2D eigenvalue weighted by Gasteiger charge is 2.23. The van der Waals surface area contributed by atoms with Gasteiger partial charge in [-0.05, 0) is 51.2 Å². The van der Waals surface area contributed by atoms with Gasteiger partial charge in [-0.3, -0.25) is 19.7 Å². The molecule has 0 aliphatic carbocycles. The molecule has 4 heterocycles. The van der Waals surface area contributed by atoms with Crippen LogP contribution in [0.3, 0.4) is 0 Å². The average molecular weight is 364 g/mol. The number of fused-ring (bicyclic) bond motifs is 1. The maximum Gasteiger partial charge on any atom is 0.142 e. The predicted molar refractivity (Wildman–Crippen MR) is 102 cm³/mol. The summed E-state index contributed by atoms with van der Waals surface area (Å²) in [4.78, 5) is 27.6. The highest BCUT2D eigenvalue weighted by Crippen LogP contribution is 2.24. The van der Waals surface area contributed by atoms with E-state index in [9.17, 15) is 9.18 Å². The summed E-state index contributed by atoms with van der Waals surface area (Å²) in [5.41, 5.74) is 2.96. The van der Waals surface area contributed by atoms with Crippen molar-refractivity contribution in [1.82, 2.24) is 19.9 Å². The van der Waals surface area contributed by atoms with Crippen LogP contribution in [0, 0.1) is 11.7 Å². The van der Waals surface area contributed by atoms with Crippen molar-refractivity contribution in [2.45, 2.75) is 19.3 Å². The molecule has 3 aromatic heterocycles. The molecule has 1 aliphatic rings. The molecule has 3 aromatic rings. The number of Topliss-reactive ketones (excluding diaryl/α,β-unsaturated/α-hetero) is 1. The lowest BCUT2D eigenvalue weighted by atomic mass is 9.90. The van der Waals surface area contributed by atoms with Gasteiger partial charge in [0.25, 0.3) is 0 Å². The number of carbonyl (C=O) groups excluding carboxylic acids is 1. The number of hydrogen-bond acceptors (Lipinski definition) is 5. The number of hydrogen-bond donors (Lipinski definition) is 0. The van der Waals surface area contributed by atoms with Crippen molar-refractivity contribution in [2.75, 3.05) is 20.1 Å². The molecule has 0 radical (unpaired) electrons. The fourth-order valence-corrected chi connectivity index (χ4v) is 3.55. The Labute approximate surface area is 157 Å². The van der Waals surface area contributed by atoms with Gasteiger partial charge in [0, 0.05) is 46.9 Å². The van der Waals surface area contributed by atoms with Gasteiger partial charge in [-0.15, -0.1) is 0 Å². The molecule has 6 heteroatoms. The molecule has 27 heavy (non-hydrogen) atoms. The summed E-state index contributed by atoms with van der Waals surface area (Å²) >= 11 is 0. The van der Waals surface area contributed by atoms with Crippen LogP contribution < -0.4 is 0 Å². The molecular formula is C21H21FN4O. The third kappa shape index (κ3) is 4.01. The van der Waals surface area contributed by atoms with Crippen molar-refractivity contribution in [2.24, 2.45) is 5.92 Å². The van der Waals surface area contributed by atoms with Crippen molar-refractivity contribution in [3.63, 3.8) is 0 Å².